The molecule has 4 nitrogen and oxygen atoms in total. The van der Waals surface area contributed by atoms with Gasteiger partial charge >= 0.3 is 0 Å². The van der Waals surface area contributed by atoms with E-state index in [1.165, 1.54) is 0 Å². The zero-order valence-corrected chi connectivity index (χ0v) is 19.9. The molecule has 0 spiro atoms. The Labute approximate surface area is 209 Å². The third kappa shape index (κ3) is 2.83. The molecule has 2 atom stereocenters. The van der Waals surface area contributed by atoms with Crippen LogP contribution in [0.3, 0.4) is 0 Å². The molecule has 2 aliphatic carbocycles. The average Bonchev–Trinajstić information content (AvgIpc) is 3.25. The highest BCUT2D eigenvalue weighted by Crippen LogP contribution is 2.54. The fraction of sp³-hybridized carbons (Fsp3) is 0.125. The van der Waals surface area contributed by atoms with Gasteiger partial charge in [-0.25, -0.2) is 0 Å². The van der Waals surface area contributed by atoms with Crippen molar-refractivity contribution in [2.75, 3.05) is 0 Å². The first kappa shape index (κ1) is 22.4. The summed E-state index contributed by atoms with van der Waals surface area (Å²) >= 11 is 0. The average molecular weight is 473 g/mol. The minimum absolute atomic E-state index is 0.100. The fourth-order valence-corrected chi connectivity index (χ4v) is 5.64. The van der Waals surface area contributed by atoms with Crippen molar-refractivity contribution in [2.45, 2.75) is 25.0 Å². The minimum Gasteiger partial charge on any atom is -0.376 e. The van der Waals surface area contributed by atoms with E-state index in [0.717, 1.165) is 11.1 Å². The molecule has 0 amide bonds. The van der Waals surface area contributed by atoms with Crippen LogP contribution in [0.25, 0.3) is 0 Å². The third-order valence-electron chi connectivity index (χ3n) is 7.49. The molecule has 0 saturated carbocycles. The van der Waals surface area contributed by atoms with Crippen LogP contribution >= 0.6 is 0 Å². The van der Waals surface area contributed by atoms with E-state index in [9.17, 15) is 19.8 Å². The monoisotopic (exact) mass is 472 g/mol. The topological polar surface area (TPSA) is 74.6 Å². The summed E-state index contributed by atoms with van der Waals surface area (Å²) in [6.45, 7) is 3.88. The number of aryl methyl sites for hydroxylation is 2. The quantitative estimate of drug-likeness (QED) is 0.395. The largest absolute Gasteiger partial charge is 0.376 e. The summed E-state index contributed by atoms with van der Waals surface area (Å²) in [4.78, 5) is 28.1. The van der Waals surface area contributed by atoms with Crippen LogP contribution in [0.5, 0.6) is 0 Å². The van der Waals surface area contributed by atoms with Crippen LogP contribution in [0.1, 0.15) is 54.1 Å². The Morgan fingerprint density at radius 1 is 0.500 bits per heavy atom. The normalized spacial score (nSPS) is 24.7. The van der Waals surface area contributed by atoms with Crippen molar-refractivity contribution in [3.63, 3.8) is 0 Å². The Kier molecular flexibility index (Phi) is 4.77. The first-order valence-electron chi connectivity index (χ1n) is 11.9. The molecule has 0 fully saturated rings. The van der Waals surface area contributed by atoms with E-state index in [1.807, 2.05) is 38.1 Å². The fourth-order valence-electron chi connectivity index (χ4n) is 5.64. The van der Waals surface area contributed by atoms with Crippen molar-refractivity contribution in [3.8, 4) is 0 Å². The van der Waals surface area contributed by atoms with Crippen LogP contribution in [0, 0.1) is 13.8 Å². The molecule has 0 saturated heterocycles. The van der Waals surface area contributed by atoms with E-state index in [4.69, 9.17) is 0 Å². The molecule has 0 heterocycles. The van der Waals surface area contributed by atoms with Crippen molar-refractivity contribution in [2.24, 2.45) is 0 Å². The first-order chi connectivity index (χ1) is 17.3. The van der Waals surface area contributed by atoms with Crippen molar-refractivity contribution < 1.29 is 19.8 Å². The second kappa shape index (κ2) is 7.69. The van der Waals surface area contributed by atoms with Gasteiger partial charge in [0, 0.05) is 22.3 Å². The zero-order chi connectivity index (χ0) is 25.2. The van der Waals surface area contributed by atoms with Gasteiger partial charge in [-0.2, -0.15) is 0 Å². The van der Waals surface area contributed by atoms with E-state index in [1.54, 1.807) is 72.8 Å². The van der Waals surface area contributed by atoms with Gasteiger partial charge in [-0.1, -0.05) is 108 Å². The molecule has 4 aromatic rings. The van der Waals surface area contributed by atoms with E-state index >= 15 is 0 Å². The van der Waals surface area contributed by atoms with E-state index < -0.39 is 22.8 Å². The molecule has 36 heavy (non-hydrogen) atoms. The molecule has 2 unspecified atom stereocenters. The molecule has 6 rings (SSSR count). The molecule has 2 aliphatic rings. The highest BCUT2D eigenvalue weighted by Gasteiger charge is 2.57. The summed E-state index contributed by atoms with van der Waals surface area (Å²) in [7, 11) is 0. The number of Topliss-reactive ketones (excluding diaryl/α,β-unsaturated/α-hetero) is 2. The summed E-state index contributed by atoms with van der Waals surface area (Å²) in [6.07, 6.45) is 0. The number of hydrogen-bond acceptors (Lipinski definition) is 4. The van der Waals surface area contributed by atoms with Crippen LogP contribution in [0.15, 0.2) is 108 Å². The van der Waals surface area contributed by atoms with Gasteiger partial charge in [0.05, 0.1) is 11.1 Å². The number of carbonyl (C=O) groups is 2. The maximum absolute atomic E-state index is 14.0. The molecule has 176 valence electrons. The number of carbonyl (C=O) groups excluding carboxylic acids is 2. The number of benzene rings is 4. The van der Waals surface area contributed by atoms with E-state index in [2.05, 4.69) is 0 Å². The molecule has 0 bridgehead atoms. The summed E-state index contributed by atoms with van der Waals surface area (Å²) in [5, 5.41) is 24.9. The lowest BCUT2D eigenvalue weighted by Crippen LogP contribution is -2.36. The molecule has 0 aromatic heterocycles. The van der Waals surface area contributed by atoms with E-state index in [0.29, 0.717) is 33.4 Å². The number of fused-ring (bicyclic) bond motifs is 2. The summed E-state index contributed by atoms with van der Waals surface area (Å²) < 4.78 is 0. The second-order valence-electron chi connectivity index (χ2n) is 9.65. The SMILES string of the molecule is Cc1ccc(C2(O)/C(=C3/C(=O)c4ccccc4C3(O)c3ccc(C)cc3)C(=O)c3ccccc32)cc1. The Morgan fingerprint density at radius 3 is 1.19 bits per heavy atom. The van der Waals surface area contributed by atoms with Gasteiger partial charge in [0.25, 0.3) is 0 Å². The summed E-state index contributed by atoms with van der Waals surface area (Å²) in [5.74, 6) is -0.925. The maximum Gasteiger partial charge on any atom is 0.193 e. The van der Waals surface area contributed by atoms with Gasteiger partial charge in [0.1, 0.15) is 11.2 Å². The standard InChI is InChI=1S/C32H24O4/c1-19-11-15-21(16-12-19)31(35)25-9-5-3-7-23(25)29(33)27(31)28-30(34)24-8-4-6-10-26(24)32(28,36)22-17-13-20(2)14-18-22/h3-18,35-36H,1-2H3/b28-27-. The van der Waals surface area contributed by atoms with Gasteiger partial charge in [-0.15, -0.1) is 0 Å². The van der Waals surface area contributed by atoms with Gasteiger partial charge in [0.2, 0.25) is 0 Å². The molecule has 0 radical (unpaired) electrons. The van der Waals surface area contributed by atoms with Gasteiger partial charge in [-0.05, 0) is 25.0 Å². The predicted octanol–water partition coefficient (Wildman–Crippen LogP) is 5.16. The van der Waals surface area contributed by atoms with Crippen LogP contribution < -0.4 is 0 Å². The van der Waals surface area contributed by atoms with Gasteiger partial charge < -0.3 is 10.2 Å². The Balaban J connectivity index is 1.75. The second-order valence-corrected chi connectivity index (χ2v) is 9.65. The van der Waals surface area contributed by atoms with Crippen molar-refractivity contribution in [1.82, 2.24) is 0 Å². The molecular formula is C32H24O4. The van der Waals surface area contributed by atoms with E-state index in [-0.39, 0.29) is 11.1 Å². The van der Waals surface area contributed by atoms with Crippen LogP contribution in [0.2, 0.25) is 0 Å². The van der Waals surface area contributed by atoms with Crippen LogP contribution in [0.4, 0.5) is 0 Å². The lowest BCUT2D eigenvalue weighted by molar-refractivity contribution is 0.0803. The first-order valence-corrected chi connectivity index (χ1v) is 11.9. The van der Waals surface area contributed by atoms with Crippen molar-refractivity contribution >= 4 is 11.6 Å². The Hall–Kier alpha value is -4.12. The number of ketones is 2. The smallest absolute Gasteiger partial charge is 0.193 e. The Bertz CT molecular complexity index is 1470. The van der Waals surface area contributed by atoms with Gasteiger partial charge in [-0.3, -0.25) is 9.59 Å². The Morgan fingerprint density at radius 2 is 0.833 bits per heavy atom. The maximum atomic E-state index is 14.0. The molecular weight excluding hydrogens is 448 g/mol. The van der Waals surface area contributed by atoms with Crippen LogP contribution in [-0.4, -0.2) is 21.8 Å². The summed E-state index contributed by atoms with van der Waals surface area (Å²) in [6, 6.07) is 28.2. The van der Waals surface area contributed by atoms with Crippen molar-refractivity contribution in [1.29, 1.82) is 0 Å². The predicted molar refractivity (Wildman–Crippen MR) is 137 cm³/mol. The molecule has 4 aromatic carbocycles. The highest BCUT2D eigenvalue weighted by atomic mass is 16.3. The molecule has 4 heteroatoms. The lowest BCUT2D eigenvalue weighted by atomic mass is 9.76. The third-order valence-corrected chi connectivity index (χ3v) is 7.49. The summed E-state index contributed by atoms with van der Waals surface area (Å²) in [5.41, 5.74) is 0.329. The number of aliphatic hydroxyl groups is 2. The molecule has 2 N–H and O–H groups in total. The van der Waals surface area contributed by atoms with Gasteiger partial charge in [0.15, 0.2) is 11.6 Å². The zero-order valence-electron chi connectivity index (χ0n) is 19.9. The highest BCUT2D eigenvalue weighted by molar-refractivity contribution is 6.25. The van der Waals surface area contributed by atoms with Crippen LogP contribution in [-0.2, 0) is 11.2 Å². The minimum atomic E-state index is -1.91. The number of rotatable bonds is 2. The van der Waals surface area contributed by atoms with Crippen molar-refractivity contribution in [3.05, 3.63) is 153 Å². The number of hydrogen-bond donors (Lipinski definition) is 2. The molecule has 0 aliphatic heterocycles. The lowest BCUT2D eigenvalue weighted by Gasteiger charge is -2.32.